The van der Waals surface area contributed by atoms with Crippen LogP contribution in [-0.2, 0) is 26.9 Å². The zero-order valence-corrected chi connectivity index (χ0v) is 22.7. The van der Waals surface area contributed by atoms with Gasteiger partial charge in [-0.1, -0.05) is 24.6 Å². The Labute approximate surface area is 220 Å². The highest BCUT2D eigenvalue weighted by Gasteiger charge is 2.33. The summed E-state index contributed by atoms with van der Waals surface area (Å²) in [4.78, 5) is 22.4. The smallest absolute Gasteiger partial charge is 0.223 e. The number of hydrogen-bond donors (Lipinski definition) is 0. The molecule has 198 valence electrons. The van der Waals surface area contributed by atoms with E-state index in [0.29, 0.717) is 46.8 Å². The summed E-state index contributed by atoms with van der Waals surface area (Å²) in [7, 11) is -0.739. The van der Waals surface area contributed by atoms with Crippen LogP contribution in [-0.4, -0.2) is 70.0 Å². The third-order valence-electron chi connectivity index (χ3n) is 6.57. The van der Waals surface area contributed by atoms with Crippen LogP contribution in [0.5, 0.6) is 11.5 Å². The number of methoxy groups -OCH3 is 2. The van der Waals surface area contributed by atoms with Crippen molar-refractivity contribution in [1.82, 2.24) is 29.6 Å². The number of amides is 1. The number of sulfone groups is 1. The van der Waals surface area contributed by atoms with E-state index in [4.69, 9.17) is 21.1 Å². The molecular formula is C24H29ClN6O5S. The Bertz CT molecular complexity index is 1360. The standard InChI is InChI=1S/C24H29ClN6O5S/c1-15(24-26-11-17(25)12-27-24)16(2)37(33,34)14-21-29-28-20(13-30-10-6-9-22(30)32)31(21)23-18(35-3)7-5-8-19(23)36-4/h5,7-8,11-12,15-16H,6,9-10,13-14H2,1-4H3/t15-,16-/m0/s1. The Morgan fingerprint density at radius 3 is 2.24 bits per heavy atom. The summed E-state index contributed by atoms with van der Waals surface area (Å²) in [6.07, 6.45) is 4.11. The fourth-order valence-electron chi connectivity index (χ4n) is 4.29. The Balaban J connectivity index is 1.75. The van der Waals surface area contributed by atoms with Crippen LogP contribution in [0, 0.1) is 0 Å². The lowest BCUT2D eigenvalue weighted by atomic mass is 10.1. The van der Waals surface area contributed by atoms with E-state index < -0.39 is 26.8 Å². The molecule has 0 unspecified atom stereocenters. The Kier molecular flexibility index (Phi) is 7.98. The zero-order chi connectivity index (χ0) is 26.7. The van der Waals surface area contributed by atoms with Crippen LogP contribution in [0.15, 0.2) is 30.6 Å². The van der Waals surface area contributed by atoms with E-state index in [0.717, 1.165) is 6.42 Å². The molecule has 4 rings (SSSR count). The number of carbonyl (C=O) groups excluding carboxylic acids is 1. The van der Waals surface area contributed by atoms with Crippen LogP contribution in [0.3, 0.4) is 0 Å². The second-order valence-corrected chi connectivity index (χ2v) is 11.7. The summed E-state index contributed by atoms with van der Waals surface area (Å²) in [5.41, 5.74) is 0.464. The van der Waals surface area contributed by atoms with Crippen molar-refractivity contribution >= 4 is 27.3 Å². The molecule has 0 aliphatic carbocycles. The van der Waals surface area contributed by atoms with Crippen LogP contribution in [0.4, 0.5) is 0 Å². The third-order valence-corrected chi connectivity index (χ3v) is 8.97. The monoisotopic (exact) mass is 548 g/mol. The van der Waals surface area contributed by atoms with Crippen molar-refractivity contribution in [2.45, 2.75) is 50.2 Å². The topological polar surface area (TPSA) is 129 Å². The van der Waals surface area contributed by atoms with Gasteiger partial charge in [-0.15, -0.1) is 10.2 Å². The fraction of sp³-hybridized carbons (Fsp3) is 0.458. The quantitative estimate of drug-likeness (QED) is 0.375. The maximum Gasteiger partial charge on any atom is 0.223 e. The summed E-state index contributed by atoms with van der Waals surface area (Å²) >= 11 is 5.88. The van der Waals surface area contributed by atoms with Gasteiger partial charge in [-0.3, -0.25) is 9.36 Å². The number of halogens is 1. The summed E-state index contributed by atoms with van der Waals surface area (Å²) in [5, 5.41) is 8.10. The van der Waals surface area contributed by atoms with E-state index in [1.807, 2.05) is 0 Å². The molecule has 11 nitrogen and oxygen atoms in total. The maximum absolute atomic E-state index is 13.6. The average Bonchev–Trinajstić information content (AvgIpc) is 3.47. The van der Waals surface area contributed by atoms with Gasteiger partial charge in [0.1, 0.15) is 28.8 Å². The zero-order valence-electron chi connectivity index (χ0n) is 21.1. The van der Waals surface area contributed by atoms with E-state index in [1.54, 1.807) is 41.5 Å². The highest BCUT2D eigenvalue weighted by Crippen LogP contribution is 2.35. The van der Waals surface area contributed by atoms with Crippen LogP contribution >= 0.6 is 11.6 Å². The molecule has 2 aromatic heterocycles. The van der Waals surface area contributed by atoms with Crippen LogP contribution in [0.25, 0.3) is 5.69 Å². The van der Waals surface area contributed by atoms with Crippen molar-refractivity contribution in [2.24, 2.45) is 0 Å². The van der Waals surface area contributed by atoms with Gasteiger partial charge < -0.3 is 14.4 Å². The van der Waals surface area contributed by atoms with Crippen molar-refractivity contribution < 1.29 is 22.7 Å². The molecule has 1 aliphatic rings. The lowest BCUT2D eigenvalue weighted by Crippen LogP contribution is -2.28. The van der Waals surface area contributed by atoms with Gasteiger partial charge in [-0.25, -0.2) is 18.4 Å². The molecule has 0 bridgehead atoms. The number of rotatable bonds is 10. The predicted octanol–water partition coefficient (Wildman–Crippen LogP) is 2.96. The Hall–Kier alpha value is -3.25. The van der Waals surface area contributed by atoms with Crippen LogP contribution < -0.4 is 9.47 Å². The molecule has 0 saturated carbocycles. The first kappa shape index (κ1) is 26.8. The minimum Gasteiger partial charge on any atom is -0.494 e. The van der Waals surface area contributed by atoms with E-state index in [9.17, 15) is 13.2 Å². The molecule has 1 fully saturated rings. The molecule has 0 spiro atoms. The molecule has 3 heterocycles. The van der Waals surface area contributed by atoms with E-state index in [2.05, 4.69) is 20.2 Å². The van der Waals surface area contributed by atoms with Crippen molar-refractivity contribution in [3.05, 3.63) is 53.1 Å². The first-order valence-corrected chi connectivity index (χ1v) is 13.9. The second-order valence-electron chi connectivity index (χ2n) is 8.86. The Morgan fingerprint density at radius 2 is 1.68 bits per heavy atom. The lowest BCUT2D eigenvalue weighted by Gasteiger charge is -2.21. The highest BCUT2D eigenvalue weighted by molar-refractivity contribution is 7.91. The second kappa shape index (κ2) is 11.0. The van der Waals surface area contributed by atoms with Gasteiger partial charge >= 0.3 is 0 Å². The number of benzene rings is 1. The minimum absolute atomic E-state index is 0.0149. The van der Waals surface area contributed by atoms with Gasteiger partial charge in [0.2, 0.25) is 5.91 Å². The number of nitrogens with zero attached hydrogens (tertiary/aromatic N) is 6. The van der Waals surface area contributed by atoms with Crippen molar-refractivity contribution in [1.29, 1.82) is 0 Å². The summed E-state index contributed by atoms with van der Waals surface area (Å²) in [6, 6.07) is 5.24. The highest BCUT2D eigenvalue weighted by atomic mass is 35.5. The lowest BCUT2D eigenvalue weighted by molar-refractivity contribution is -0.128. The van der Waals surface area contributed by atoms with Gasteiger partial charge in [0, 0.05) is 31.3 Å². The molecule has 0 N–H and O–H groups in total. The van der Waals surface area contributed by atoms with Gasteiger partial charge in [-0.05, 0) is 25.5 Å². The number of hydrogen-bond acceptors (Lipinski definition) is 9. The van der Waals surface area contributed by atoms with Crippen molar-refractivity contribution in [3.63, 3.8) is 0 Å². The number of para-hydroxylation sites is 1. The predicted molar refractivity (Wildman–Crippen MR) is 137 cm³/mol. The number of aromatic nitrogens is 5. The molecule has 0 radical (unpaired) electrons. The van der Waals surface area contributed by atoms with Gasteiger partial charge in [0.25, 0.3) is 0 Å². The van der Waals surface area contributed by atoms with Gasteiger partial charge in [-0.2, -0.15) is 0 Å². The van der Waals surface area contributed by atoms with Crippen LogP contribution in [0.1, 0.15) is 50.1 Å². The van der Waals surface area contributed by atoms with E-state index in [-0.39, 0.29) is 18.3 Å². The fourth-order valence-corrected chi connectivity index (χ4v) is 5.94. The first-order chi connectivity index (χ1) is 17.7. The number of likely N-dealkylation sites (tertiary alicyclic amines) is 1. The van der Waals surface area contributed by atoms with Crippen molar-refractivity contribution in [3.8, 4) is 17.2 Å². The number of carbonyl (C=O) groups is 1. The van der Waals surface area contributed by atoms with Crippen molar-refractivity contribution in [2.75, 3.05) is 20.8 Å². The average molecular weight is 549 g/mol. The SMILES string of the molecule is COc1cccc(OC)c1-n1c(CN2CCCC2=O)nnc1CS(=O)(=O)[C@@H](C)[C@H](C)c1ncc(Cl)cn1. The van der Waals surface area contributed by atoms with Gasteiger partial charge in [0.15, 0.2) is 21.5 Å². The molecule has 13 heteroatoms. The molecular weight excluding hydrogens is 520 g/mol. The molecule has 1 saturated heterocycles. The largest absolute Gasteiger partial charge is 0.494 e. The Morgan fingerprint density at radius 1 is 1.05 bits per heavy atom. The van der Waals surface area contributed by atoms with E-state index in [1.165, 1.54) is 26.6 Å². The van der Waals surface area contributed by atoms with Gasteiger partial charge in [0.05, 0.1) is 31.0 Å². The normalized spacial score (nSPS) is 15.6. The van der Waals surface area contributed by atoms with Crippen LogP contribution in [0.2, 0.25) is 5.02 Å². The first-order valence-electron chi connectivity index (χ1n) is 11.8. The summed E-state index contributed by atoms with van der Waals surface area (Å²) in [5.74, 6) is 0.966. The molecule has 1 amide bonds. The summed E-state index contributed by atoms with van der Waals surface area (Å²) in [6.45, 7) is 4.14. The molecule has 1 aliphatic heterocycles. The molecule has 37 heavy (non-hydrogen) atoms. The molecule has 1 aromatic carbocycles. The maximum atomic E-state index is 13.6. The molecule has 2 atom stereocenters. The van der Waals surface area contributed by atoms with E-state index >= 15 is 0 Å². The third kappa shape index (κ3) is 5.54. The number of ether oxygens (including phenoxy) is 2. The molecule has 3 aromatic rings. The summed E-state index contributed by atoms with van der Waals surface area (Å²) < 4.78 is 40.0. The minimum atomic E-state index is -3.76.